The Morgan fingerprint density at radius 3 is 2.55 bits per heavy atom. The second-order valence-electron chi connectivity index (χ2n) is 7.02. The van der Waals surface area contributed by atoms with Crippen LogP contribution in [-0.2, 0) is 21.1 Å². The third-order valence-corrected chi connectivity index (χ3v) is 6.05. The van der Waals surface area contributed by atoms with Crippen molar-refractivity contribution in [2.24, 2.45) is 0 Å². The van der Waals surface area contributed by atoms with Crippen molar-refractivity contribution in [3.05, 3.63) is 41.5 Å². The van der Waals surface area contributed by atoms with Crippen LogP contribution in [0.5, 0.6) is 23.0 Å². The SMILES string of the molecule is CCCOc1cc2c(cc1C(=O)CCc1ccc(OC)c(OC(C)=O)c1)OCS2(=O)=O. The largest absolute Gasteiger partial charge is 0.493 e. The monoisotopic (exact) mass is 448 g/mol. The van der Waals surface area contributed by atoms with Crippen molar-refractivity contribution < 1.29 is 37.0 Å². The van der Waals surface area contributed by atoms with Gasteiger partial charge in [-0.25, -0.2) is 8.42 Å². The molecule has 2 aromatic carbocycles. The molecule has 0 N–H and O–H groups in total. The first-order chi connectivity index (χ1) is 14.7. The summed E-state index contributed by atoms with van der Waals surface area (Å²) in [6.07, 6.45) is 1.22. The molecule has 0 saturated carbocycles. The highest BCUT2D eigenvalue weighted by atomic mass is 32.2. The molecular weight excluding hydrogens is 424 g/mol. The van der Waals surface area contributed by atoms with Crippen LogP contribution in [0.25, 0.3) is 0 Å². The number of carbonyl (C=O) groups excluding carboxylic acids is 2. The van der Waals surface area contributed by atoms with Gasteiger partial charge in [-0.3, -0.25) is 9.59 Å². The van der Waals surface area contributed by atoms with Gasteiger partial charge in [0.25, 0.3) is 0 Å². The van der Waals surface area contributed by atoms with Crippen LogP contribution in [-0.4, -0.2) is 39.8 Å². The van der Waals surface area contributed by atoms with Crippen molar-refractivity contribution in [1.29, 1.82) is 0 Å². The summed E-state index contributed by atoms with van der Waals surface area (Å²) in [6, 6.07) is 7.91. The predicted octanol–water partition coefficient (Wildman–Crippen LogP) is 3.35. The van der Waals surface area contributed by atoms with E-state index in [9.17, 15) is 18.0 Å². The smallest absolute Gasteiger partial charge is 0.308 e. The lowest BCUT2D eigenvalue weighted by Crippen LogP contribution is -2.08. The van der Waals surface area contributed by atoms with Gasteiger partial charge in [0.15, 0.2) is 23.2 Å². The molecule has 0 radical (unpaired) electrons. The molecule has 31 heavy (non-hydrogen) atoms. The third-order valence-electron chi connectivity index (χ3n) is 4.64. The standard InChI is InChI=1S/C22H24O8S/c1-4-9-28-19-12-22-21(29-13-31(22,25)26)11-16(19)17(24)7-5-15-6-8-18(27-3)20(10-15)30-14(2)23/h6,8,10-12H,4-5,7,9,13H2,1-3H3. The number of hydrogen-bond acceptors (Lipinski definition) is 8. The number of carbonyl (C=O) groups is 2. The van der Waals surface area contributed by atoms with Crippen molar-refractivity contribution in [1.82, 2.24) is 0 Å². The van der Waals surface area contributed by atoms with Gasteiger partial charge in [-0.15, -0.1) is 0 Å². The average Bonchev–Trinajstić information content (AvgIpc) is 3.03. The van der Waals surface area contributed by atoms with E-state index in [4.69, 9.17) is 18.9 Å². The first kappa shape index (κ1) is 22.6. The summed E-state index contributed by atoms with van der Waals surface area (Å²) in [7, 11) is -2.07. The molecule has 0 fully saturated rings. The first-order valence-corrected chi connectivity index (χ1v) is 11.4. The second kappa shape index (κ2) is 9.38. The fourth-order valence-electron chi connectivity index (χ4n) is 3.15. The van der Waals surface area contributed by atoms with E-state index >= 15 is 0 Å². The van der Waals surface area contributed by atoms with E-state index in [1.165, 1.54) is 26.2 Å². The lowest BCUT2D eigenvalue weighted by molar-refractivity contribution is -0.132. The summed E-state index contributed by atoms with van der Waals surface area (Å²) >= 11 is 0. The number of benzene rings is 2. The normalized spacial score (nSPS) is 13.8. The van der Waals surface area contributed by atoms with E-state index in [0.717, 1.165) is 5.56 Å². The number of ether oxygens (including phenoxy) is 4. The van der Waals surface area contributed by atoms with E-state index < -0.39 is 21.7 Å². The molecule has 8 nitrogen and oxygen atoms in total. The number of esters is 1. The Balaban J connectivity index is 1.83. The van der Waals surface area contributed by atoms with Gasteiger partial charge in [0.2, 0.25) is 9.84 Å². The van der Waals surface area contributed by atoms with Crippen LogP contribution >= 0.6 is 0 Å². The number of hydrogen-bond donors (Lipinski definition) is 0. The molecule has 1 aliphatic heterocycles. The Hall–Kier alpha value is -3.07. The maximum Gasteiger partial charge on any atom is 0.308 e. The summed E-state index contributed by atoms with van der Waals surface area (Å²) in [5, 5.41) is 0. The molecule has 166 valence electrons. The summed E-state index contributed by atoms with van der Waals surface area (Å²) in [5.74, 6) is -0.0498. The van der Waals surface area contributed by atoms with Crippen LogP contribution in [0.1, 0.15) is 42.6 Å². The van der Waals surface area contributed by atoms with Gasteiger partial charge in [-0.2, -0.15) is 0 Å². The van der Waals surface area contributed by atoms with Crippen LogP contribution in [0.2, 0.25) is 0 Å². The highest BCUT2D eigenvalue weighted by Crippen LogP contribution is 2.38. The van der Waals surface area contributed by atoms with Crippen LogP contribution < -0.4 is 18.9 Å². The second-order valence-corrected chi connectivity index (χ2v) is 8.93. The Morgan fingerprint density at radius 1 is 1.10 bits per heavy atom. The predicted molar refractivity (Wildman–Crippen MR) is 112 cm³/mol. The molecule has 2 aromatic rings. The van der Waals surface area contributed by atoms with Crippen LogP contribution in [0, 0.1) is 0 Å². The number of rotatable bonds is 9. The minimum absolute atomic E-state index is 0.0383. The van der Waals surface area contributed by atoms with Crippen LogP contribution in [0.3, 0.4) is 0 Å². The Bertz CT molecular complexity index is 1100. The number of Topliss-reactive ketones (excluding diaryl/α,β-unsaturated/α-hetero) is 1. The van der Waals surface area contributed by atoms with E-state index in [-0.39, 0.29) is 39.9 Å². The summed E-state index contributed by atoms with van der Waals surface area (Å²) in [5.41, 5.74) is 1.06. The van der Waals surface area contributed by atoms with Gasteiger partial charge in [-0.1, -0.05) is 13.0 Å². The highest BCUT2D eigenvalue weighted by molar-refractivity contribution is 7.91. The summed E-state index contributed by atoms with van der Waals surface area (Å²) in [6.45, 7) is 3.56. The van der Waals surface area contributed by atoms with E-state index in [1.807, 2.05) is 6.92 Å². The highest BCUT2D eigenvalue weighted by Gasteiger charge is 2.31. The number of sulfone groups is 1. The van der Waals surface area contributed by atoms with Gasteiger partial charge >= 0.3 is 5.97 Å². The molecule has 0 atom stereocenters. The molecule has 1 aliphatic rings. The number of aryl methyl sites for hydroxylation is 1. The van der Waals surface area contributed by atoms with E-state index in [0.29, 0.717) is 25.2 Å². The minimum Gasteiger partial charge on any atom is -0.493 e. The first-order valence-electron chi connectivity index (χ1n) is 9.80. The van der Waals surface area contributed by atoms with Crippen molar-refractivity contribution in [3.8, 4) is 23.0 Å². The van der Waals surface area contributed by atoms with Gasteiger partial charge in [0.1, 0.15) is 16.4 Å². The molecule has 9 heteroatoms. The lowest BCUT2D eigenvalue weighted by Gasteiger charge is -2.13. The van der Waals surface area contributed by atoms with Crippen LogP contribution in [0.15, 0.2) is 35.2 Å². The molecule has 0 spiro atoms. The fraction of sp³-hybridized carbons (Fsp3) is 0.364. The Kier molecular flexibility index (Phi) is 6.84. The molecule has 0 aliphatic carbocycles. The number of methoxy groups -OCH3 is 1. The zero-order valence-electron chi connectivity index (χ0n) is 17.6. The van der Waals surface area contributed by atoms with Gasteiger partial charge in [-0.05, 0) is 36.6 Å². The Labute approximate surface area is 181 Å². The maximum atomic E-state index is 13.0. The van der Waals surface area contributed by atoms with Crippen molar-refractivity contribution in [2.75, 3.05) is 19.7 Å². The minimum atomic E-state index is -3.54. The fourth-order valence-corrected chi connectivity index (χ4v) is 4.27. The quantitative estimate of drug-likeness (QED) is 0.327. The van der Waals surface area contributed by atoms with Gasteiger partial charge in [0, 0.05) is 19.4 Å². The topological polar surface area (TPSA) is 105 Å². The van der Waals surface area contributed by atoms with Crippen molar-refractivity contribution in [3.63, 3.8) is 0 Å². The molecule has 3 rings (SSSR count). The third kappa shape index (κ3) is 5.16. The maximum absolute atomic E-state index is 13.0. The molecule has 0 saturated heterocycles. The zero-order chi connectivity index (χ0) is 22.6. The zero-order valence-corrected chi connectivity index (χ0v) is 18.4. The Morgan fingerprint density at radius 2 is 1.87 bits per heavy atom. The molecule has 0 bridgehead atoms. The van der Waals surface area contributed by atoms with E-state index in [1.54, 1.807) is 18.2 Å². The summed E-state index contributed by atoms with van der Waals surface area (Å²) in [4.78, 5) is 24.3. The molecule has 0 aromatic heterocycles. The number of fused-ring (bicyclic) bond motifs is 1. The molecular formula is C22H24O8S. The number of ketones is 1. The molecule has 0 amide bonds. The average molecular weight is 448 g/mol. The molecule has 0 unspecified atom stereocenters. The van der Waals surface area contributed by atoms with Crippen molar-refractivity contribution in [2.45, 2.75) is 38.0 Å². The van der Waals surface area contributed by atoms with Gasteiger partial charge < -0.3 is 18.9 Å². The lowest BCUT2D eigenvalue weighted by atomic mass is 10.0. The van der Waals surface area contributed by atoms with Crippen molar-refractivity contribution >= 4 is 21.6 Å². The van der Waals surface area contributed by atoms with E-state index in [2.05, 4.69) is 0 Å². The summed E-state index contributed by atoms with van der Waals surface area (Å²) < 4.78 is 45.5. The van der Waals surface area contributed by atoms with Gasteiger partial charge in [0.05, 0.1) is 19.3 Å². The van der Waals surface area contributed by atoms with Crippen LogP contribution in [0.4, 0.5) is 0 Å². The molecule has 1 heterocycles.